The van der Waals surface area contributed by atoms with Gasteiger partial charge in [0.25, 0.3) is 0 Å². The summed E-state index contributed by atoms with van der Waals surface area (Å²) in [5, 5.41) is 2.83. The number of nitrogens with zero attached hydrogens (tertiary/aromatic N) is 1. The van der Waals surface area contributed by atoms with Gasteiger partial charge in [-0.2, -0.15) is 0 Å². The predicted molar refractivity (Wildman–Crippen MR) is 88.5 cm³/mol. The molecule has 0 saturated carbocycles. The molecule has 130 valence electrons. The molecular formula is C19H18F2N2O2. The van der Waals surface area contributed by atoms with Crippen LogP contribution in [0.25, 0.3) is 0 Å². The molecule has 4 nitrogen and oxygen atoms in total. The van der Waals surface area contributed by atoms with Crippen LogP contribution >= 0.6 is 0 Å². The van der Waals surface area contributed by atoms with Crippen molar-refractivity contribution in [1.82, 2.24) is 10.2 Å². The van der Waals surface area contributed by atoms with E-state index in [0.29, 0.717) is 24.2 Å². The third-order valence-electron chi connectivity index (χ3n) is 4.12. The number of rotatable bonds is 5. The first kappa shape index (κ1) is 17.1. The van der Waals surface area contributed by atoms with Crippen LogP contribution in [0.3, 0.4) is 0 Å². The molecule has 1 N–H and O–H groups in total. The zero-order chi connectivity index (χ0) is 17.8. The van der Waals surface area contributed by atoms with Crippen molar-refractivity contribution < 1.29 is 18.4 Å². The summed E-state index contributed by atoms with van der Waals surface area (Å²) in [6, 6.07) is 11.6. The predicted octanol–water partition coefficient (Wildman–Crippen LogP) is 2.42. The molecule has 1 saturated heterocycles. The highest BCUT2D eigenvalue weighted by Gasteiger charge is 2.30. The third kappa shape index (κ3) is 4.62. The number of hydrogen-bond donors (Lipinski definition) is 1. The van der Waals surface area contributed by atoms with E-state index in [1.54, 1.807) is 29.2 Å². The molecule has 0 radical (unpaired) electrons. The van der Waals surface area contributed by atoms with Gasteiger partial charge in [-0.3, -0.25) is 9.59 Å². The van der Waals surface area contributed by atoms with E-state index in [9.17, 15) is 18.4 Å². The molecule has 1 unspecified atom stereocenters. The topological polar surface area (TPSA) is 49.4 Å². The van der Waals surface area contributed by atoms with Crippen molar-refractivity contribution in [2.45, 2.75) is 25.4 Å². The van der Waals surface area contributed by atoms with Crippen molar-refractivity contribution in [1.29, 1.82) is 0 Å². The summed E-state index contributed by atoms with van der Waals surface area (Å²) in [7, 11) is 0. The van der Waals surface area contributed by atoms with Gasteiger partial charge in [0.05, 0.1) is 12.5 Å². The van der Waals surface area contributed by atoms with Crippen LogP contribution in [0.4, 0.5) is 8.78 Å². The second-order valence-corrected chi connectivity index (χ2v) is 6.18. The average Bonchev–Trinajstić information content (AvgIpc) is 2.89. The molecule has 1 heterocycles. The van der Waals surface area contributed by atoms with Gasteiger partial charge >= 0.3 is 0 Å². The Kier molecular flexibility index (Phi) is 5.07. The van der Waals surface area contributed by atoms with Crippen LogP contribution < -0.4 is 5.32 Å². The average molecular weight is 344 g/mol. The third-order valence-corrected chi connectivity index (χ3v) is 4.12. The van der Waals surface area contributed by atoms with Gasteiger partial charge in [0.1, 0.15) is 11.6 Å². The standard InChI is InChI=1S/C19H18F2N2O2/c20-15-6-4-13(5-7-15)9-18(24)22-17-10-19(25)23(12-17)11-14-2-1-3-16(21)8-14/h1-8,17H,9-12H2,(H,22,24). The SMILES string of the molecule is O=C(Cc1ccc(F)cc1)NC1CC(=O)N(Cc2cccc(F)c2)C1. The Morgan fingerprint density at radius 2 is 1.84 bits per heavy atom. The van der Waals surface area contributed by atoms with E-state index in [1.807, 2.05) is 0 Å². The number of halogens is 2. The fourth-order valence-electron chi connectivity index (χ4n) is 2.94. The summed E-state index contributed by atoms with van der Waals surface area (Å²) in [6.45, 7) is 0.714. The normalized spacial score (nSPS) is 17.0. The number of amides is 2. The van der Waals surface area contributed by atoms with Crippen LogP contribution in [0.15, 0.2) is 48.5 Å². The molecule has 0 spiro atoms. The molecule has 0 aliphatic carbocycles. The maximum atomic E-state index is 13.2. The largest absolute Gasteiger partial charge is 0.351 e. The molecule has 0 bridgehead atoms. The molecule has 1 fully saturated rings. The number of likely N-dealkylation sites (tertiary alicyclic amines) is 1. The van der Waals surface area contributed by atoms with Gasteiger partial charge in [-0.15, -0.1) is 0 Å². The summed E-state index contributed by atoms with van der Waals surface area (Å²) < 4.78 is 26.1. The second kappa shape index (κ2) is 7.42. The first-order valence-corrected chi connectivity index (χ1v) is 8.05. The van der Waals surface area contributed by atoms with Crippen molar-refractivity contribution in [3.63, 3.8) is 0 Å². The van der Waals surface area contributed by atoms with E-state index >= 15 is 0 Å². The first-order valence-electron chi connectivity index (χ1n) is 8.05. The molecule has 2 amide bonds. The Labute approximate surface area is 144 Å². The van der Waals surface area contributed by atoms with E-state index in [4.69, 9.17) is 0 Å². The Bertz CT molecular complexity index is 777. The Morgan fingerprint density at radius 3 is 2.56 bits per heavy atom. The second-order valence-electron chi connectivity index (χ2n) is 6.18. The minimum atomic E-state index is -0.349. The van der Waals surface area contributed by atoms with E-state index in [1.165, 1.54) is 24.3 Å². The molecule has 2 aromatic rings. The first-order chi connectivity index (χ1) is 12.0. The summed E-state index contributed by atoms with van der Waals surface area (Å²) in [6.07, 6.45) is 0.360. The monoisotopic (exact) mass is 344 g/mol. The van der Waals surface area contributed by atoms with Gasteiger partial charge < -0.3 is 10.2 Å². The van der Waals surface area contributed by atoms with Gasteiger partial charge in [0, 0.05) is 19.5 Å². The van der Waals surface area contributed by atoms with Crippen LogP contribution in [0.1, 0.15) is 17.5 Å². The van der Waals surface area contributed by atoms with Crippen molar-refractivity contribution >= 4 is 11.8 Å². The van der Waals surface area contributed by atoms with Crippen molar-refractivity contribution in [2.24, 2.45) is 0 Å². The summed E-state index contributed by atoms with van der Waals surface area (Å²) >= 11 is 0. The number of carbonyl (C=O) groups is 2. The van der Waals surface area contributed by atoms with Gasteiger partial charge in [-0.25, -0.2) is 8.78 Å². The van der Waals surface area contributed by atoms with Crippen molar-refractivity contribution in [2.75, 3.05) is 6.54 Å². The summed E-state index contributed by atoms with van der Waals surface area (Å²) in [5.74, 6) is -0.972. The quantitative estimate of drug-likeness (QED) is 0.906. The van der Waals surface area contributed by atoms with Crippen LogP contribution in [0.5, 0.6) is 0 Å². The summed E-state index contributed by atoms with van der Waals surface area (Å²) in [4.78, 5) is 25.8. The zero-order valence-corrected chi connectivity index (χ0v) is 13.5. The van der Waals surface area contributed by atoms with Crippen LogP contribution in [-0.2, 0) is 22.6 Å². The molecule has 0 aromatic heterocycles. The molecule has 3 rings (SSSR count). The molecule has 25 heavy (non-hydrogen) atoms. The fraction of sp³-hybridized carbons (Fsp3) is 0.263. The maximum Gasteiger partial charge on any atom is 0.225 e. The smallest absolute Gasteiger partial charge is 0.225 e. The van der Waals surface area contributed by atoms with Crippen molar-refractivity contribution in [3.05, 3.63) is 71.3 Å². The molecule has 6 heteroatoms. The molecular weight excluding hydrogens is 326 g/mol. The zero-order valence-electron chi connectivity index (χ0n) is 13.5. The van der Waals surface area contributed by atoms with E-state index in [0.717, 1.165) is 0 Å². The van der Waals surface area contributed by atoms with Gasteiger partial charge in [0.15, 0.2) is 0 Å². The Morgan fingerprint density at radius 1 is 1.08 bits per heavy atom. The van der Waals surface area contributed by atoms with E-state index in [2.05, 4.69) is 5.32 Å². The van der Waals surface area contributed by atoms with Gasteiger partial charge in [-0.1, -0.05) is 24.3 Å². The lowest BCUT2D eigenvalue weighted by molar-refractivity contribution is -0.128. The number of benzene rings is 2. The lowest BCUT2D eigenvalue weighted by atomic mass is 10.1. The van der Waals surface area contributed by atoms with Crippen molar-refractivity contribution in [3.8, 4) is 0 Å². The number of hydrogen-bond acceptors (Lipinski definition) is 2. The maximum absolute atomic E-state index is 13.2. The van der Waals surface area contributed by atoms with Crippen LogP contribution in [0.2, 0.25) is 0 Å². The minimum absolute atomic E-state index is 0.0728. The van der Waals surface area contributed by atoms with E-state index in [-0.39, 0.29) is 42.3 Å². The van der Waals surface area contributed by atoms with Crippen LogP contribution in [0, 0.1) is 11.6 Å². The van der Waals surface area contributed by atoms with Gasteiger partial charge in [0.2, 0.25) is 11.8 Å². The lowest BCUT2D eigenvalue weighted by Crippen LogP contribution is -2.37. The highest BCUT2D eigenvalue weighted by Crippen LogP contribution is 2.16. The fourth-order valence-corrected chi connectivity index (χ4v) is 2.94. The molecule has 1 atom stereocenters. The van der Waals surface area contributed by atoms with E-state index < -0.39 is 0 Å². The Hall–Kier alpha value is -2.76. The minimum Gasteiger partial charge on any atom is -0.351 e. The van der Waals surface area contributed by atoms with Gasteiger partial charge in [-0.05, 0) is 35.4 Å². The Balaban J connectivity index is 1.53. The molecule has 1 aliphatic rings. The molecule has 1 aliphatic heterocycles. The number of carbonyl (C=O) groups excluding carboxylic acids is 2. The highest BCUT2D eigenvalue weighted by molar-refractivity contribution is 5.83. The highest BCUT2D eigenvalue weighted by atomic mass is 19.1. The molecule has 2 aromatic carbocycles. The lowest BCUT2D eigenvalue weighted by Gasteiger charge is -2.17. The van der Waals surface area contributed by atoms with Crippen LogP contribution in [-0.4, -0.2) is 29.3 Å². The number of nitrogens with one attached hydrogen (secondary N) is 1. The summed E-state index contributed by atoms with van der Waals surface area (Å²) in [5.41, 5.74) is 1.42.